The Morgan fingerprint density at radius 1 is 1.18 bits per heavy atom. The minimum atomic E-state index is -0.808. The maximum absolute atomic E-state index is 15.0. The van der Waals surface area contributed by atoms with Crippen LogP contribution in [0.25, 0.3) is 0 Å². The van der Waals surface area contributed by atoms with Crippen LogP contribution in [0.2, 0.25) is 5.02 Å². The number of Topliss-reactive ketones (excluding diaryl/α,β-unsaturated/α-hetero) is 1. The van der Waals surface area contributed by atoms with Gasteiger partial charge in [0, 0.05) is 34.0 Å². The molecule has 0 saturated heterocycles. The quantitative estimate of drug-likeness (QED) is 0.533. The number of hydrogen-bond donors (Lipinski definition) is 1. The van der Waals surface area contributed by atoms with Crippen molar-refractivity contribution in [2.45, 2.75) is 58.0 Å². The zero-order valence-electron chi connectivity index (χ0n) is 19.0. The van der Waals surface area contributed by atoms with Gasteiger partial charge >= 0.3 is 5.97 Å². The Bertz CT molecular complexity index is 1150. The molecule has 0 saturated carbocycles. The van der Waals surface area contributed by atoms with Crippen LogP contribution in [-0.2, 0) is 14.3 Å². The van der Waals surface area contributed by atoms with Crippen molar-refractivity contribution in [2.75, 3.05) is 0 Å². The van der Waals surface area contributed by atoms with E-state index < -0.39 is 17.7 Å². The van der Waals surface area contributed by atoms with Crippen LogP contribution in [0.4, 0.5) is 4.39 Å². The number of nitrogens with one attached hydrogen (secondary N) is 1. The first-order valence-electron chi connectivity index (χ1n) is 11.2. The smallest absolute Gasteiger partial charge is 0.337 e. The molecule has 33 heavy (non-hydrogen) atoms. The summed E-state index contributed by atoms with van der Waals surface area (Å²) in [6, 6.07) is 13.8. The number of hydrogen-bond acceptors (Lipinski definition) is 4. The normalized spacial score (nSPS) is 21.4. The van der Waals surface area contributed by atoms with Gasteiger partial charge in [-0.15, -0.1) is 0 Å². The summed E-state index contributed by atoms with van der Waals surface area (Å²) in [4.78, 5) is 26.7. The monoisotopic (exact) mass is 467 g/mol. The van der Waals surface area contributed by atoms with Gasteiger partial charge in [-0.1, -0.05) is 48.9 Å². The zero-order chi connectivity index (χ0) is 23.7. The van der Waals surface area contributed by atoms with Crippen LogP contribution in [0.5, 0.6) is 0 Å². The lowest BCUT2D eigenvalue weighted by atomic mass is 9.71. The number of benzene rings is 2. The second kappa shape index (κ2) is 9.52. The highest BCUT2D eigenvalue weighted by Crippen LogP contribution is 2.46. The van der Waals surface area contributed by atoms with E-state index in [9.17, 15) is 14.0 Å². The number of ether oxygens (including phenoxy) is 1. The molecule has 3 atom stereocenters. The Hall–Kier alpha value is -2.92. The fourth-order valence-electron chi connectivity index (χ4n) is 4.63. The van der Waals surface area contributed by atoms with Crippen LogP contribution in [-0.4, -0.2) is 17.9 Å². The van der Waals surface area contributed by atoms with E-state index in [1.165, 1.54) is 6.07 Å². The molecule has 1 aliphatic heterocycles. The summed E-state index contributed by atoms with van der Waals surface area (Å²) in [6.45, 7) is 5.52. The topological polar surface area (TPSA) is 55.4 Å². The van der Waals surface area contributed by atoms with Crippen LogP contribution in [0, 0.1) is 5.82 Å². The molecule has 0 amide bonds. The number of carbonyl (C=O) groups is 2. The summed E-state index contributed by atoms with van der Waals surface area (Å²) in [5.74, 6) is -1.91. The highest BCUT2D eigenvalue weighted by molar-refractivity contribution is 6.30. The molecule has 0 fully saturated rings. The molecule has 2 aromatic rings. The Balaban J connectivity index is 1.79. The van der Waals surface area contributed by atoms with E-state index in [1.54, 1.807) is 25.1 Å². The first-order chi connectivity index (χ1) is 15.8. The standard InChI is InChI=1S/C27H27ClFNO3/c1-4-15(2)33-27(32)24-16(3)30-22-13-18(17-9-11-19(28)12-10-17)14-23(31)26(22)25(24)20-7-5-6-8-21(20)29/h5-12,15,18,25,30H,4,13-14H2,1-3H3/t15-,18-,25+/m0/s1. The van der Waals surface area contributed by atoms with Crippen LogP contribution in [0.3, 0.4) is 0 Å². The third-order valence-electron chi connectivity index (χ3n) is 6.49. The molecular weight excluding hydrogens is 441 g/mol. The van der Waals surface area contributed by atoms with Gasteiger partial charge in [0.15, 0.2) is 5.78 Å². The van der Waals surface area contributed by atoms with Crippen LogP contribution >= 0.6 is 11.6 Å². The number of carbonyl (C=O) groups excluding carboxylic acids is 2. The molecule has 4 nitrogen and oxygen atoms in total. The van der Waals surface area contributed by atoms with Crippen molar-refractivity contribution >= 4 is 23.4 Å². The molecule has 0 aromatic heterocycles. The zero-order valence-corrected chi connectivity index (χ0v) is 19.7. The summed E-state index contributed by atoms with van der Waals surface area (Å²) in [5.41, 5.74) is 3.38. The van der Waals surface area contributed by atoms with Gasteiger partial charge in [-0.25, -0.2) is 9.18 Å². The SMILES string of the molecule is CC[C@H](C)OC(=O)C1=C(C)NC2=C(C(=O)C[C@@H](c3ccc(Cl)cc3)C2)[C@@H]1c1ccccc1F. The number of ketones is 1. The van der Waals surface area contributed by atoms with E-state index in [1.807, 2.05) is 38.1 Å². The predicted octanol–water partition coefficient (Wildman–Crippen LogP) is 6.18. The molecule has 1 aliphatic carbocycles. The molecule has 2 aliphatic rings. The maximum atomic E-state index is 15.0. The molecule has 0 unspecified atom stereocenters. The first kappa shape index (κ1) is 23.2. The first-order valence-corrected chi connectivity index (χ1v) is 11.6. The van der Waals surface area contributed by atoms with Crippen molar-refractivity contribution in [1.29, 1.82) is 0 Å². The van der Waals surface area contributed by atoms with Crippen molar-refractivity contribution in [3.8, 4) is 0 Å². The van der Waals surface area contributed by atoms with Gasteiger partial charge in [-0.05, 0) is 56.4 Å². The van der Waals surface area contributed by atoms with Crippen molar-refractivity contribution in [2.24, 2.45) is 0 Å². The average Bonchev–Trinajstić information content (AvgIpc) is 2.78. The minimum absolute atomic E-state index is 0.0243. The van der Waals surface area contributed by atoms with Crippen molar-refractivity contribution in [3.05, 3.63) is 93.0 Å². The molecule has 172 valence electrons. The second-order valence-corrected chi connectivity index (χ2v) is 9.15. The number of dihydropyridines is 1. The summed E-state index contributed by atoms with van der Waals surface area (Å²) in [6.07, 6.45) is 1.23. The molecule has 2 aromatic carbocycles. The van der Waals surface area contributed by atoms with Crippen LogP contribution < -0.4 is 5.32 Å². The highest BCUT2D eigenvalue weighted by Gasteiger charge is 2.42. The number of esters is 1. The molecular formula is C27H27ClFNO3. The Morgan fingerprint density at radius 2 is 1.88 bits per heavy atom. The van der Waals surface area contributed by atoms with Crippen molar-refractivity contribution in [3.63, 3.8) is 0 Å². The summed E-state index contributed by atoms with van der Waals surface area (Å²) >= 11 is 6.03. The third kappa shape index (κ3) is 4.60. The van der Waals surface area contributed by atoms with Gasteiger partial charge in [-0.3, -0.25) is 4.79 Å². The Morgan fingerprint density at radius 3 is 2.55 bits per heavy atom. The second-order valence-electron chi connectivity index (χ2n) is 8.71. The van der Waals surface area contributed by atoms with E-state index in [4.69, 9.17) is 16.3 Å². The molecule has 0 bridgehead atoms. The minimum Gasteiger partial charge on any atom is -0.459 e. The Kier molecular flexibility index (Phi) is 6.71. The molecule has 1 heterocycles. The van der Waals surface area contributed by atoms with E-state index in [-0.39, 0.29) is 29.8 Å². The molecule has 6 heteroatoms. The van der Waals surface area contributed by atoms with E-state index >= 15 is 0 Å². The lowest BCUT2D eigenvalue weighted by Crippen LogP contribution is -2.36. The van der Waals surface area contributed by atoms with Gasteiger partial charge in [0.2, 0.25) is 0 Å². The summed E-state index contributed by atoms with van der Waals surface area (Å²) in [7, 11) is 0. The number of allylic oxidation sites excluding steroid dienone is 3. The molecule has 0 spiro atoms. The molecule has 1 N–H and O–H groups in total. The fraction of sp³-hybridized carbons (Fsp3) is 0.333. The third-order valence-corrected chi connectivity index (χ3v) is 6.74. The van der Waals surface area contributed by atoms with Gasteiger partial charge in [0.05, 0.1) is 17.6 Å². The Labute approximate surface area is 198 Å². The van der Waals surface area contributed by atoms with E-state index in [2.05, 4.69) is 5.32 Å². The fourth-order valence-corrected chi connectivity index (χ4v) is 4.76. The van der Waals surface area contributed by atoms with Gasteiger partial charge in [0.25, 0.3) is 0 Å². The predicted molar refractivity (Wildman–Crippen MR) is 126 cm³/mol. The number of rotatable bonds is 5. The van der Waals surface area contributed by atoms with Gasteiger partial charge < -0.3 is 10.1 Å². The van der Waals surface area contributed by atoms with E-state index in [0.717, 1.165) is 11.3 Å². The number of halogens is 2. The van der Waals surface area contributed by atoms with Gasteiger partial charge in [0.1, 0.15) is 5.82 Å². The van der Waals surface area contributed by atoms with E-state index in [0.29, 0.717) is 34.7 Å². The lowest BCUT2D eigenvalue weighted by Gasteiger charge is -2.37. The van der Waals surface area contributed by atoms with Crippen molar-refractivity contribution < 1.29 is 18.7 Å². The summed E-state index contributed by atoms with van der Waals surface area (Å²) < 4.78 is 20.6. The van der Waals surface area contributed by atoms with Crippen LogP contribution in [0.1, 0.15) is 63.0 Å². The molecule has 0 radical (unpaired) electrons. The average molecular weight is 468 g/mol. The largest absolute Gasteiger partial charge is 0.459 e. The summed E-state index contributed by atoms with van der Waals surface area (Å²) in [5, 5.41) is 3.93. The maximum Gasteiger partial charge on any atom is 0.337 e. The highest BCUT2D eigenvalue weighted by atomic mass is 35.5. The van der Waals surface area contributed by atoms with Crippen LogP contribution in [0.15, 0.2) is 71.1 Å². The molecule has 4 rings (SSSR count). The van der Waals surface area contributed by atoms with Crippen molar-refractivity contribution in [1.82, 2.24) is 5.32 Å². The van der Waals surface area contributed by atoms with Gasteiger partial charge in [-0.2, -0.15) is 0 Å². The lowest BCUT2D eigenvalue weighted by molar-refractivity contribution is -0.144.